The number of aromatic amines is 2. The van der Waals surface area contributed by atoms with E-state index in [9.17, 15) is 0 Å². The van der Waals surface area contributed by atoms with Gasteiger partial charge in [0.25, 0.3) is 0 Å². The van der Waals surface area contributed by atoms with E-state index in [2.05, 4.69) is 28.0 Å². The van der Waals surface area contributed by atoms with Gasteiger partial charge in [-0.05, 0) is 25.1 Å². The molecule has 13 heavy (non-hydrogen) atoms. The molecule has 0 spiro atoms. The van der Waals surface area contributed by atoms with E-state index >= 15 is 0 Å². The van der Waals surface area contributed by atoms with Gasteiger partial charge in [-0.15, -0.1) is 0 Å². The number of thiol groups is 1. The van der Waals surface area contributed by atoms with Crippen LogP contribution in [0.25, 0.3) is 0 Å². The van der Waals surface area contributed by atoms with Crippen LogP contribution in [-0.2, 0) is 0 Å². The first kappa shape index (κ1) is 9.23. The summed E-state index contributed by atoms with van der Waals surface area (Å²) in [5, 5.41) is 5.83. The van der Waals surface area contributed by atoms with Crippen LogP contribution in [-0.4, -0.2) is 32.6 Å². The van der Waals surface area contributed by atoms with E-state index in [4.69, 9.17) is 12.2 Å². The van der Waals surface area contributed by atoms with Crippen LogP contribution in [0.4, 0.5) is 0 Å². The Morgan fingerprint density at radius 3 is 2.62 bits per heavy atom. The van der Waals surface area contributed by atoms with Crippen LogP contribution in [0.1, 0.15) is 24.6 Å². The Labute approximate surface area is 87.3 Å². The summed E-state index contributed by atoms with van der Waals surface area (Å²) in [6.07, 6.45) is 2.19. The molecular weight excluding hydrogens is 204 g/mol. The van der Waals surface area contributed by atoms with Crippen LogP contribution in [0.2, 0.25) is 0 Å². The minimum absolute atomic E-state index is 0.511. The molecule has 4 nitrogen and oxygen atoms in total. The first-order chi connectivity index (χ1) is 6.25. The van der Waals surface area contributed by atoms with Crippen molar-refractivity contribution in [2.75, 3.05) is 13.1 Å². The maximum atomic E-state index is 4.90. The molecule has 1 fully saturated rings. The largest absolute Gasteiger partial charge is 0.285 e. The van der Waals surface area contributed by atoms with Gasteiger partial charge in [-0.2, -0.15) is 0 Å². The second kappa shape index (κ2) is 3.81. The van der Waals surface area contributed by atoms with Crippen LogP contribution in [0, 0.1) is 4.77 Å². The molecule has 0 amide bonds. The minimum Gasteiger partial charge on any atom is -0.285 e. The lowest BCUT2D eigenvalue weighted by Gasteiger charge is -2.26. The molecule has 0 saturated carbocycles. The van der Waals surface area contributed by atoms with Crippen molar-refractivity contribution in [3.05, 3.63) is 10.6 Å². The van der Waals surface area contributed by atoms with Crippen molar-refractivity contribution in [3.63, 3.8) is 0 Å². The van der Waals surface area contributed by atoms with Crippen LogP contribution in [0.3, 0.4) is 0 Å². The highest BCUT2D eigenvalue weighted by Gasteiger charge is 2.20. The molecule has 1 aromatic heterocycles. The molecule has 0 radical (unpaired) electrons. The molecule has 0 unspecified atom stereocenters. The highest BCUT2D eigenvalue weighted by molar-refractivity contribution is 7.77. The summed E-state index contributed by atoms with van der Waals surface area (Å²) in [5.74, 6) is 1.50. The molecule has 0 atom stereocenters. The van der Waals surface area contributed by atoms with E-state index in [1.165, 1.54) is 0 Å². The molecule has 2 rings (SSSR count). The summed E-state index contributed by atoms with van der Waals surface area (Å²) < 4.78 is 2.58. The number of piperidine rings is 1. The average Bonchev–Trinajstić information content (AvgIpc) is 2.53. The topological polar surface area (TPSA) is 47.7 Å². The molecule has 72 valence electrons. The number of hydrogen-bond acceptors (Lipinski definition) is 4. The van der Waals surface area contributed by atoms with Gasteiger partial charge in [-0.1, -0.05) is 12.8 Å². The van der Waals surface area contributed by atoms with Gasteiger partial charge in [0, 0.05) is 19.0 Å². The zero-order chi connectivity index (χ0) is 9.26. The van der Waals surface area contributed by atoms with Crippen molar-refractivity contribution in [2.45, 2.75) is 18.8 Å². The van der Waals surface area contributed by atoms with Crippen LogP contribution >= 0.6 is 25.0 Å². The summed E-state index contributed by atoms with van der Waals surface area (Å²) in [6, 6.07) is 0. The van der Waals surface area contributed by atoms with Crippen molar-refractivity contribution >= 4 is 25.0 Å². The maximum absolute atomic E-state index is 4.90. The molecule has 0 bridgehead atoms. The molecule has 0 aromatic carbocycles. The van der Waals surface area contributed by atoms with E-state index in [1.807, 2.05) is 4.31 Å². The number of aromatic nitrogens is 3. The SMILES string of the molecule is S=c1nc(C2CCN(S)CC2)[nH][nH]1. The normalized spacial score (nSPS) is 20.7. The third kappa shape index (κ3) is 2.12. The summed E-state index contributed by atoms with van der Waals surface area (Å²) in [6.45, 7) is 2.03. The Morgan fingerprint density at radius 1 is 1.38 bits per heavy atom. The number of hydrogen-bond donors (Lipinski definition) is 3. The van der Waals surface area contributed by atoms with Crippen LogP contribution < -0.4 is 0 Å². The zero-order valence-electron chi connectivity index (χ0n) is 7.16. The van der Waals surface area contributed by atoms with Crippen molar-refractivity contribution in [2.24, 2.45) is 0 Å². The van der Waals surface area contributed by atoms with E-state index in [0.29, 0.717) is 10.7 Å². The summed E-state index contributed by atoms with van der Waals surface area (Å²) in [4.78, 5) is 4.22. The fourth-order valence-electron chi connectivity index (χ4n) is 1.62. The summed E-state index contributed by atoms with van der Waals surface area (Å²) in [7, 11) is 0. The first-order valence-electron chi connectivity index (χ1n) is 4.34. The number of H-pyrrole nitrogens is 2. The van der Waals surface area contributed by atoms with E-state index in [1.54, 1.807) is 0 Å². The second-order valence-corrected chi connectivity index (χ2v) is 4.23. The smallest absolute Gasteiger partial charge is 0.213 e. The van der Waals surface area contributed by atoms with Gasteiger partial charge in [-0.25, -0.2) is 4.98 Å². The van der Waals surface area contributed by atoms with Gasteiger partial charge < -0.3 is 0 Å². The number of nitrogens with one attached hydrogen (secondary N) is 2. The Kier molecular flexibility index (Phi) is 2.71. The monoisotopic (exact) mass is 216 g/mol. The molecule has 1 saturated heterocycles. The van der Waals surface area contributed by atoms with Crippen LogP contribution in [0.5, 0.6) is 0 Å². The van der Waals surface area contributed by atoms with Gasteiger partial charge >= 0.3 is 0 Å². The summed E-state index contributed by atoms with van der Waals surface area (Å²) in [5.41, 5.74) is 0. The van der Waals surface area contributed by atoms with Gasteiger partial charge in [0.15, 0.2) is 0 Å². The van der Waals surface area contributed by atoms with Gasteiger partial charge in [0.1, 0.15) is 5.82 Å². The fraction of sp³-hybridized carbons (Fsp3) is 0.714. The lowest BCUT2D eigenvalue weighted by Crippen LogP contribution is -2.25. The Hall–Kier alpha value is -0.330. The van der Waals surface area contributed by atoms with Gasteiger partial charge in [0.05, 0.1) is 0 Å². The molecule has 1 aliphatic rings. The van der Waals surface area contributed by atoms with E-state index < -0.39 is 0 Å². The highest BCUT2D eigenvalue weighted by atomic mass is 32.1. The lowest BCUT2D eigenvalue weighted by molar-refractivity contribution is 0.342. The van der Waals surface area contributed by atoms with Gasteiger partial charge in [0.2, 0.25) is 4.77 Å². The Morgan fingerprint density at radius 2 is 2.08 bits per heavy atom. The molecule has 1 aliphatic heterocycles. The predicted molar refractivity (Wildman–Crippen MR) is 56.3 cm³/mol. The summed E-state index contributed by atoms with van der Waals surface area (Å²) >= 11 is 9.20. The molecule has 6 heteroatoms. The molecular formula is C7H12N4S2. The van der Waals surface area contributed by atoms with Crippen molar-refractivity contribution in [1.29, 1.82) is 0 Å². The van der Waals surface area contributed by atoms with Crippen LogP contribution in [0.15, 0.2) is 0 Å². The molecule has 2 heterocycles. The van der Waals surface area contributed by atoms with E-state index in [-0.39, 0.29) is 0 Å². The fourth-order valence-corrected chi connectivity index (χ4v) is 2.00. The third-order valence-corrected chi connectivity index (χ3v) is 2.97. The quantitative estimate of drug-likeness (QED) is 0.492. The van der Waals surface area contributed by atoms with Crippen molar-refractivity contribution in [3.8, 4) is 0 Å². The number of nitrogens with zero attached hydrogens (tertiary/aromatic N) is 2. The highest BCUT2D eigenvalue weighted by Crippen LogP contribution is 2.25. The van der Waals surface area contributed by atoms with Crippen molar-refractivity contribution < 1.29 is 0 Å². The minimum atomic E-state index is 0.511. The maximum Gasteiger partial charge on any atom is 0.213 e. The third-order valence-electron chi connectivity index (χ3n) is 2.38. The molecule has 2 N–H and O–H groups in total. The first-order valence-corrected chi connectivity index (χ1v) is 5.15. The molecule has 0 aliphatic carbocycles. The lowest BCUT2D eigenvalue weighted by atomic mass is 9.98. The zero-order valence-corrected chi connectivity index (χ0v) is 8.87. The second-order valence-electron chi connectivity index (χ2n) is 3.28. The average molecular weight is 216 g/mol. The van der Waals surface area contributed by atoms with E-state index in [0.717, 1.165) is 31.8 Å². The molecule has 1 aromatic rings. The number of rotatable bonds is 1. The van der Waals surface area contributed by atoms with Crippen molar-refractivity contribution in [1.82, 2.24) is 19.5 Å². The Bertz CT molecular complexity index is 323. The standard InChI is InChI=1S/C7H12N4S2/c12-7-8-6(9-10-7)5-1-3-11(13)4-2-5/h5,13H,1-4H2,(H2,8,9,10,12). The Balaban J connectivity index is 2.06. The van der Waals surface area contributed by atoms with Gasteiger partial charge in [-0.3, -0.25) is 14.5 Å². The predicted octanol–water partition coefficient (Wildman–Crippen LogP) is 1.49.